The number of carbonyl (C=O) groups is 2. The molecule has 0 bridgehead atoms. The van der Waals surface area contributed by atoms with Gasteiger partial charge < -0.3 is 15.6 Å². The predicted octanol–water partition coefficient (Wildman–Crippen LogP) is 2.78. The Hall–Kier alpha value is -1.89. The van der Waals surface area contributed by atoms with E-state index in [0.717, 1.165) is 18.4 Å². The fourth-order valence-electron chi connectivity index (χ4n) is 2.05. The van der Waals surface area contributed by atoms with Gasteiger partial charge in [-0.3, -0.25) is 14.3 Å². The smallest absolute Gasteiger partial charge is 0.310 e. The molecular weight excluding hydrogens is 316 g/mol. The Morgan fingerprint density at radius 3 is 2.70 bits per heavy atom. The third-order valence-electron chi connectivity index (χ3n) is 3.29. The van der Waals surface area contributed by atoms with Gasteiger partial charge in [0.25, 0.3) is 0 Å². The monoisotopic (exact) mass is 340 g/mol. The molecule has 0 aliphatic heterocycles. The van der Waals surface area contributed by atoms with Gasteiger partial charge >= 0.3 is 5.97 Å². The van der Waals surface area contributed by atoms with E-state index in [0.29, 0.717) is 12.0 Å². The number of anilines is 1. The lowest BCUT2D eigenvalue weighted by atomic mass is 9.99. The first-order valence-electron chi connectivity index (χ1n) is 7.60. The summed E-state index contributed by atoms with van der Waals surface area (Å²) in [7, 11) is 0. The molecule has 0 aliphatic carbocycles. The highest BCUT2D eigenvalue weighted by Crippen LogP contribution is 2.41. The van der Waals surface area contributed by atoms with Crippen molar-refractivity contribution >= 4 is 29.5 Å². The average Bonchev–Trinajstić information content (AvgIpc) is 2.51. The van der Waals surface area contributed by atoms with Crippen molar-refractivity contribution in [1.82, 2.24) is 4.72 Å². The molecule has 2 unspecified atom stereocenters. The van der Waals surface area contributed by atoms with E-state index in [-0.39, 0.29) is 24.0 Å². The summed E-state index contributed by atoms with van der Waals surface area (Å²) in [6.07, 6.45) is 1.13. The van der Waals surface area contributed by atoms with Crippen LogP contribution in [0.1, 0.15) is 44.4 Å². The number of nitrogens with two attached hydrogens (primary N) is 1. The van der Waals surface area contributed by atoms with E-state index in [9.17, 15) is 14.7 Å². The van der Waals surface area contributed by atoms with Crippen molar-refractivity contribution in [3.63, 3.8) is 0 Å². The molecule has 0 heterocycles. The van der Waals surface area contributed by atoms with Crippen LogP contribution < -0.4 is 10.5 Å². The summed E-state index contributed by atoms with van der Waals surface area (Å²) in [4.78, 5) is 23.8. The summed E-state index contributed by atoms with van der Waals surface area (Å²) >= 11 is 1.09. The van der Waals surface area contributed by atoms with E-state index < -0.39 is 17.1 Å². The summed E-state index contributed by atoms with van der Waals surface area (Å²) < 4.78 is 7.78. The number of hydrogen-bond donors (Lipinski definition) is 3. The first kappa shape index (κ1) is 19.2. The van der Waals surface area contributed by atoms with E-state index in [1.54, 1.807) is 32.0 Å². The molecule has 1 aromatic rings. The summed E-state index contributed by atoms with van der Waals surface area (Å²) in [6.45, 7) is 5.61. The number of nitrogen functional groups attached to an aromatic ring is 1. The van der Waals surface area contributed by atoms with E-state index >= 15 is 0 Å². The molecule has 0 fully saturated rings. The number of amides is 1. The second-order valence-electron chi connectivity index (χ2n) is 5.14. The van der Waals surface area contributed by atoms with Crippen LogP contribution in [0.3, 0.4) is 0 Å². The van der Waals surface area contributed by atoms with E-state index in [1.807, 2.05) is 6.92 Å². The van der Waals surface area contributed by atoms with Crippen LogP contribution >= 0.6 is 11.9 Å². The fourth-order valence-corrected chi connectivity index (χ4v) is 3.04. The number of esters is 1. The van der Waals surface area contributed by atoms with Crippen LogP contribution in [0.5, 0.6) is 5.75 Å². The maximum atomic E-state index is 12.1. The van der Waals surface area contributed by atoms with Crippen molar-refractivity contribution in [2.24, 2.45) is 5.92 Å². The minimum absolute atomic E-state index is 0.0779. The topological polar surface area (TPSA) is 102 Å². The molecule has 0 radical (unpaired) electrons. The highest BCUT2D eigenvalue weighted by atomic mass is 32.2. The van der Waals surface area contributed by atoms with E-state index in [2.05, 4.69) is 4.72 Å². The molecule has 0 spiro atoms. The van der Waals surface area contributed by atoms with Gasteiger partial charge in [0.2, 0.25) is 5.91 Å². The maximum Gasteiger partial charge on any atom is 0.310 e. The predicted molar refractivity (Wildman–Crippen MR) is 91.7 cm³/mol. The minimum atomic E-state index is -0.561. The number of nitrogens with one attached hydrogen (secondary N) is 1. The van der Waals surface area contributed by atoms with Crippen LogP contribution in [-0.4, -0.2) is 23.6 Å². The van der Waals surface area contributed by atoms with Gasteiger partial charge in [-0.1, -0.05) is 26.0 Å². The highest BCUT2D eigenvalue weighted by Gasteiger charge is 2.30. The second-order valence-corrected chi connectivity index (χ2v) is 6.09. The van der Waals surface area contributed by atoms with Crippen LogP contribution in [0.15, 0.2) is 18.2 Å². The van der Waals surface area contributed by atoms with Crippen LogP contribution in [0, 0.1) is 5.92 Å². The molecule has 23 heavy (non-hydrogen) atoms. The van der Waals surface area contributed by atoms with Crippen LogP contribution in [0.2, 0.25) is 0 Å². The Morgan fingerprint density at radius 1 is 1.39 bits per heavy atom. The number of ether oxygens (including phenoxy) is 1. The summed E-state index contributed by atoms with van der Waals surface area (Å²) in [5.74, 6) is -1.15. The second kappa shape index (κ2) is 9.29. The molecular formula is C16H24N2O4S. The molecule has 0 saturated carbocycles. The van der Waals surface area contributed by atoms with Gasteiger partial charge in [0.1, 0.15) is 5.75 Å². The zero-order valence-corrected chi connectivity index (χ0v) is 14.5. The van der Waals surface area contributed by atoms with Crippen molar-refractivity contribution in [2.75, 3.05) is 12.3 Å². The Kier molecular flexibility index (Phi) is 7.74. The van der Waals surface area contributed by atoms with Gasteiger partial charge in [0.15, 0.2) is 0 Å². The quantitative estimate of drug-likeness (QED) is 0.291. The van der Waals surface area contributed by atoms with Crippen molar-refractivity contribution in [3.05, 3.63) is 23.8 Å². The first-order valence-corrected chi connectivity index (χ1v) is 8.48. The van der Waals surface area contributed by atoms with Gasteiger partial charge in [0.05, 0.1) is 23.5 Å². The standard InChI is InChI=1S/C16H24N2O4S/c1-4-7-13(19)18-23-15(10(3)16(21)22-5-2)11-8-6-9-12(17)14(11)20/h6,8-10,15,20H,4-5,7,17H2,1-3H3,(H,18,19). The molecule has 1 amide bonds. The Bertz CT molecular complexity index is 551. The molecule has 7 heteroatoms. The third-order valence-corrected chi connectivity index (χ3v) is 4.56. The Balaban J connectivity index is 3.02. The number of hydrogen-bond acceptors (Lipinski definition) is 6. The molecule has 6 nitrogen and oxygen atoms in total. The lowest BCUT2D eigenvalue weighted by Crippen LogP contribution is -2.25. The van der Waals surface area contributed by atoms with Gasteiger partial charge in [0, 0.05) is 12.0 Å². The first-order chi connectivity index (χ1) is 10.9. The van der Waals surface area contributed by atoms with Gasteiger partial charge in [-0.25, -0.2) is 0 Å². The Morgan fingerprint density at radius 2 is 2.09 bits per heavy atom. The van der Waals surface area contributed by atoms with Crippen molar-refractivity contribution in [3.8, 4) is 5.75 Å². The number of phenolic OH excluding ortho intramolecular Hbond substituents is 1. The number of para-hydroxylation sites is 1. The van der Waals surface area contributed by atoms with E-state index in [1.165, 1.54) is 0 Å². The molecule has 0 saturated heterocycles. The largest absolute Gasteiger partial charge is 0.505 e. The Labute approximate surface area is 140 Å². The van der Waals surface area contributed by atoms with Gasteiger partial charge in [-0.05, 0) is 31.4 Å². The fraction of sp³-hybridized carbons (Fsp3) is 0.500. The number of benzene rings is 1. The summed E-state index contributed by atoms with van der Waals surface area (Å²) in [6, 6.07) is 4.96. The molecule has 1 rings (SSSR count). The third kappa shape index (κ3) is 5.35. The van der Waals surface area contributed by atoms with Gasteiger partial charge in [-0.2, -0.15) is 0 Å². The average molecular weight is 340 g/mol. The molecule has 1 aromatic carbocycles. The molecule has 128 valence electrons. The lowest BCUT2D eigenvalue weighted by Gasteiger charge is -2.23. The molecule has 2 atom stereocenters. The SMILES string of the molecule is CCCC(=O)NSC(c1cccc(N)c1O)C(C)C(=O)OCC. The minimum Gasteiger partial charge on any atom is -0.505 e. The van der Waals surface area contributed by atoms with Gasteiger partial charge in [-0.15, -0.1) is 0 Å². The van der Waals surface area contributed by atoms with E-state index in [4.69, 9.17) is 10.5 Å². The highest BCUT2D eigenvalue weighted by molar-refractivity contribution is 7.98. The summed E-state index contributed by atoms with van der Waals surface area (Å²) in [5, 5.41) is 9.69. The number of rotatable bonds is 8. The normalized spacial score (nSPS) is 13.2. The lowest BCUT2D eigenvalue weighted by molar-refractivity contribution is -0.147. The number of phenols is 1. The van der Waals surface area contributed by atoms with Crippen molar-refractivity contribution in [1.29, 1.82) is 0 Å². The van der Waals surface area contributed by atoms with Crippen molar-refractivity contribution in [2.45, 2.75) is 38.9 Å². The van der Waals surface area contributed by atoms with Crippen molar-refractivity contribution < 1.29 is 19.4 Å². The number of carbonyl (C=O) groups excluding carboxylic acids is 2. The van der Waals surface area contributed by atoms with Crippen LogP contribution in [0.25, 0.3) is 0 Å². The maximum absolute atomic E-state index is 12.1. The van der Waals surface area contributed by atoms with Crippen LogP contribution in [0.4, 0.5) is 5.69 Å². The number of aromatic hydroxyl groups is 1. The molecule has 4 N–H and O–H groups in total. The van der Waals surface area contributed by atoms with Crippen LogP contribution in [-0.2, 0) is 14.3 Å². The zero-order valence-electron chi connectivity index (χ0n) is 13.7. The zero-order chi connectivity index (χ0) is 17.4. The summed E-state index contributed by atoms with van der Waals surface area (Å²) in [5.41, 5.74) is 6.45. The molecule has 0 aromatic heterocycles. The molecule has 0 aliphatic rings.